The Morgan fingerprint density at radius 1 is 1.19 bits per heavy atom. The second-order valence-electron chi connectivity index (χ2n) is 5.70. The summed E-state index contributed by atoms with van der Waals surface area (Å²) in [5, 5.41) is 9.06. The summed E-state index contributed by atoms with van der Waals surface area (Å²) in [6.07, 6.45) is 1.64. The Kier molecular flexibility index (Phi) is 5.17. The normalized spacial score (nSPS) is 11.0. The van der Waals surface area contributed by atoms with Crippen LogP contribution in [0.15, 0.2) is 64.0 Å². The minimum atomic E-state index is -0.945. The predicted octanol–water partition coefficient (Wildman–Crippen LogP) is 5.10. The summed E-state index contributed by atoms with van der Waals surface area (Å²) in [6.45, 7) is 4.36. The molecule has 1 N–H and O–H groups in total. The van der Waals surface area contributed by atoms with Gasteiger partial charge in [-0.15, -0.1) is 0 Å². The molecule has 1 heterocycles. The maximum absolute atomic E-state index is 11.0. The first-order valence-corrected chi connectivity index (χ1v) is 8.28. The van der Waals surface area contributed by atoms with Gasteiger partial charge in [-0.3, -0.25) is 0 Å². The first-order valence-electron chi connectivity index (χ1n) is 8.28. The third-order valence-electron chi connectivity index (χ3n) is 3.86. The van der Waals surface area contributed by atoms with Crippen LogP contribution in [0.25, 0.3) is 11.3 Å². The van der Waals surface area contributed by atoms with Gasteiger partial charge in [-0.25, -0.2) is 9.79 Å². The molecule has 0 aliphatic heterocycles. The molecule has 0 bridgehead atoms. The van der Waals surface area contributed by atoms with E-state index in [0.717, 1.165) is 22.6 Å². The van der Waals surface area contributed by atoms with Crippen molar-refractivity contribution in [3.8, 4) is 17.1 Å². The number of nitrogens with zero attached hydrogens (tertiary/aromatic N) is 1. The van der Waals surface area contributed by atoms with Crippen LogP contribution in [0.4, 0.5) is 5.69 Å². The fourth-order valence-electron chi connectivity index (χ4n) is 2.61. The van der Waals surface area contributed by atoms with E-state index in [0.29, 0.717) is 18.1 Å². The summed E-state index contributed by atoms with van der Waals surface area (Å²) in [5.74, 6) is 1.05. The van der Waals surface area contributed by atoms with Gasteiger partial charge in [-0.2, -0.15) is 0 Å². The van der Waals surface area contributed by atoms with Crippen LogP contribution in [0.3, 0.4) is 0 Å². The molecular formula is C21H19NO4. The van der Waals surface area contributed by atoms with Crippen LogP contribution in [-0.4, -0.2) is 23.9 Å². The lowest BCUT2D eigenvalue weighted by atomic mass is 10.0. The van der Waals surface area contributed by atoms with E-state index in [4.69, 9.17) is 14.3 Å². The molecule has 3 rings (SSSR count). The SMILES string of the molecule is CCOc1ccccc1N=Cc1ccc(-c2ccc(C(=O)O)cc2C)o1. The monoisotopic (exact) mass is 349 g/mol. The maximum atomic E-state index is 11.0. The van der Waals surface area contributed by atoms with Gasteiger partial charge in [0.2, 0.25) is 0 Å². The van der Waals surface area contributed by atoms with Gasteiger partial charge in [0.1, 0.15) is 23.0 Å². The van der Waals surface area contributed by atoms with Gasteiger partial charge in [0, 0.05) is 5.56 Å². The first-order chi connectivity index (χ1) is 12.6. The Morgan fingerprint density at radius 2 is 2.00 bits per heavy atom. The Bertz CT molecular complexity index is 956. The highest BCUT2D eigenvalue weighted by atomic mass is 16.5. The molecule has 5 nitrogen and oxygen atoms in total. The predicted molar refractivity (Wildman–Crippen MR) is 101 cm³/mol. The minimum absolute atomic E-state index is 0.257. The van der Waals surface area contributed by atoms with Crippen molar-refractivity contribution in [2.45, 2.75) is 13.8 Å². The van der Waals surface area contributed by atoms with Gasteiger partial charge >= 0.3 is 5.97 Å². The topological polar surface area (TPSA) is 72.0 Å². The van der Waals surface area contributed by atoms with Gasteiger partial charge in [0.05, 0.1) is 18.4 Å². The maximum Gasteiger partial charge on any atom is 0.335 e. The Balaban J connectivity index is 1.84. The van der Waals surface area contributed by atoms with Crippen molar-refractivity contribution >= 4 is 17.9 Å². The number of hydrogen-bond donors (Lipinski definition) is 1. The average molecular weight is 349 g/mol. The summed E-state index contributed by atoms with van der Waals surface area (Å²) in [4.78, 5) is 15.5. The van der Waals surface area contributed by atoms with Crippen molar-refractivity contribution in [1.29, 1.82) is 0 Å². The number of aryl methyl sites for hydroxylation is 1. The van der Waals surface area contributed by atoms with Crippen LogP contribution < -0.4 is 4.74 Å². The molecular weight excluding hydrogens is 330 g/mol. The number of carboxylic acids is 1. The van der Waals surface area contributed by atoms with Crippen molar-refractivity contribution < 1.29 is 19.1 Å². The van der Waals surface area contributed by atoms with Crippen LogP contribution in [0, 0.1) is 6.92 Å². The van der Waals surface area contributed by atoms with E-state index in [1.165, 1.54) is 0 Å². The zero-order chi connectivity index (χ0) is 18.5. The van der Waals surface area contributed by atoms with Crippen molar-refractivity contribution in [3.63, 3.8) is 0 Å². The number of para-hydroxylation sites is 2. The number of benzene rings is 2. The zero-order valence-corrected chi connectivity index (χ0v) is 14.6. The number of hydrogen-bond acceptors (Lipinski definition) is 4. The standard InChI is InChI=1S/C21H19NO4/c1-3-25-20-7-5-4-6-18(20)22-13-16-9-11-19(26-16)17-10-8-15(21(23)24)12-14(17)2/h4-13H,3H2,1-2H3,(H,23,24). The highest BCUT2D eigenvalue weighted by Gasteiger charge is 2.10. The Labute approximate surface area is 151 Å². The fourth-order valence-corrected chi connectivity index (χ4v) is 2.61. The molecule has 0 saturated carbocycles. The number of rotatable bonds is 6. The number of furan rings is 1. The molecule has 0 unspecified atom stereocenters. The van der Waals surface area contributed by atoms with Crippen LogP contribution in [-0.2, 0) is 0 Å². The van der Waals surface area contributed by atoms with E-state index in [1.54, 1.807) is 24.4 Å². The third-order valence-corrected chi connectivity index (χ3v) is 3.86. The highest BCUT2D eigenvalue weighted by molar-refractivity contribution is 5.89. The quantitative estimate of drug-likeness (QED) is 0.628. The van der Waals surface area contributed by atoms with Gasteiger partial charge < -0.3 is 14.3 Å². The number of ether oxygens (including phenoxy) is 1. The molecule has 0 spiro atoms. The average Bonchev–Trinajstić information content (AvgIpc) is 3.10. The molecule has 0 radical (unpaired) electrons. The van der Waals surface area contributed by atoms with Crippen molar-refractivity contribution in [2.24, 2.45) is 4.99 Å². The summed E-state index contributed by atoms with van der Waals surface area (Å²) >= 11 is 0. The Hall–Kier alpha value is -3.34. The van der Waals surface area contributed by atoms with E-state index >= 15 is 0 Å². The number of aliphatic imine (C=N–C) groups is 1. The molecule has 0 fully saturated rings. The van der Waals surface area contributed by atoms with E-state index in [2.05, 4.69) is 4.99 Å². The minimum Gasteiger partial charge on any atom is -0.492 e. The second-order valence-corrected chi connectivity index (χ2v) is 5.70. The molecule has 132 valence electrons. The van der Waals surface area contributed by atoms with Gasteiger partial charge in [-0.05, 0) is 55.8 Å². The van der Waals surface area contributed by atoms with Crippen LogP contribution in [0.2, 0.25) is 0 Å². The number of carbonyl (C=O) groups is 1. The lowest BCUT2D eigenvalue weighted by Gasteiger charge is -2.05. The van der Waals surface area contributed by atoms with Gasteiger partial charge in [-0.1, -0.05) is 18.2 Å². The van der Waals surface area contributed by atoms with Crippen molar-refractivity contribution in [1.82, 2.24) is 0 Å². The van der Waals surface area contributed by atoms with Crippen molar-refractivity contribution in [3.05, 3.63) is 71.5 Å². The molecule has 2 aromatic carbocycles. The first kappa shape index (κ1) is 17.5. The van der Waals surface area contributed by atoms with E-state index < -0.39 is 5.97 Å². The Morgan fingerprint density at radius 3 is 2.73 bits per heavy atom. The summed E-state index contributed by atoms with van der Waals surface area (Å²) < 4.78 is 11.4. The van der Waals surface area contributed by atoms with Gasteiger partial charge in [0.25, 0.3) is 0 Å². The van der Waals surface area contributed by atoms with Crippen LogP contribution >= 0.6 is 0 Å². The molecule has 26 heavy (non-hydrogen) atoms. The lowest BCUT2D eigenvalue weighted by Crippen LogP contribution is -1.96. The molecule has 5 heteroatoms. The zero-order valence-electron chi connectivity index (χ0n) is 14.6. The van der Waals surface area contributed by atoms with Crippen molar-refractivity contribution in [2.75, 3.05) is 6.61 Å². The van der Waals surface area contributed by atoms with E-state index in [9.17, 15) is 4.79 Å². The number of aromatic carboxylic acids is 1. The molecule has 0 amide bonds. The van der Waals surface area contributed by atoms with Gasteiger partial charge in [0.15, 0.2) is 0 Å². The number of carboxylic acid groups (broad SMARTS) is 1. The lowest BCUT2D eigenvalue weighted by molar-refractivity contribution is 0.0697. The molecule has 3 aromatic rings. The van der Waals surface area contributed by atoms with E-state index in [1.807, 2.05) is 50.2 Å². The third kappa shape index (κ3) is 3.83. The molecule has 0 saturated heterocycles. The second kappa shape index (κ2) is 7.70. The van der Waals surface area contributed by atoms with E-state index in [-0.39, 0.29) is 5.56 Å². The summed E-state index contributed by atoms with van der Waals surface area (Å²) in [5.41, 5.74) is 2.68. The summed E-state index contributed by atoms with van der Waals surface area (Å²) in [6, 6.07) is 16.2. The molecule has 1 aromatic heterocycles. The smallest absolute Gasteiger partial charge is 0.335 e. The van der Waals surface area contributed by atoms with Crippen LogP contribution in [0.1, 0.15) is 28.6 Å². The fraction of sp³-hybridized carbons (Fsp3) is 0.143. The highest BCUT2D eigenvalue weighted by Crippen LogP contribution is 2.28. The summed E-state index contributed by atoms with van der Waals surface area (Å²) in [7, 11) is 0. The molecule has 0 aliphatic carbocycles. The van der Waals surface area contributed by atoms with Crippen LogP contribution in [0.5, 0.6) is 5.75 Å². The molecule has 0 atom stereocenters. The molecule has 0 aliphatic rings. The largest absolute Gasteiger partial charge is 0.492 e.